The van der Waals surface area contributed by atoms with Crippen LogP contribution in [0, 0.1) is 0 Å². The number of halogens is 3. The summed E-state index contributed by atoms with van der Waals surface area (Å²) in [5.41, 5.74) is 0.446. The lowest BCUT2D eigenvalue weighted by molar-refractivity contribution is -0.141. The highest BCUT2D eigenvalue weighted by Crippen LogP contribution is 2.28. The molecule has 0 aliphatic carbocycles. The average molecular weight is 354 g/mol. The topological polar surface area (TPSA) is 59.4 Å². The third kappa shape index (κ3) is 4.30. The molecule has 0 saturated carbocycles. The molecule has 0 bridgehead atoms. The average Bonchev–Trinajstić information content (AvgIpc) is 3.05. The Hall–Kier alpha value is -2.55. The third-order valence-electron chi connectivity index (χ3n) is 3.77. The van der Waals surface area contributed by atoms with Gasteiger partial charge in [-0.25, -0.2) is 0 Å². The molecule has 9 heteroatoms. The Morgan fingerprint density at radius 1 is 1.20 bits per heavy atom. The third-order valence-corrected chi connectivity index (χ3v) is 3.77. The number of hydrogen-bond acceptors (Lipinski definition) is 4. The number of rotatable bonds is 4. The molecule has 2 aromatic rings. The molecular weight excluding hydrogens is 337 g/mol. The van der Waals surface area contributed by atoms with Crippen molar-refractivity contribution < 1.29 is 22.7 Å². The second-order valence-corrected chi connectivity index (χ2v) is 5.56. The Labute approximate surface area is 142 Å². The minimum absolute atomic E-state index is 0.298. The van der Waals surface area contributed by atoms with Gasteiger partial charge in [0.1, 0.15) is 6.54 Å². The smallest absolute Gasteiger partial charge is 0.378 e. The molecule has 134 valence electrons. The number of ether oxygens (including phenoxy) is 1. The standard InChI is InChI=1S/C16H17F3N4O2/c17-16(18,19)14-5-6-23(21-14)11-15(24)20-12-3-1-2-4-13(12)22-7-9-25-10-8-22/h1-6H,7-11H2,(H,20,24). The summed E-state index contributed by atoms with van der Waals surface area (Å²) < 4.78 is 43.9. The first-order valence-corrected chi connectivity index (χ1v) is 7.76. The van der Waals surface area contributed by atoms with Gasteiger partial charge in [0.2, 0.25) is 5.91 Å². The Balaban J connectivity index is 1.68. The van der Waals surface area contributed by atoms with Gasteiger partial charge in [0.25, 0.3) is 0 Å². The number of aromatic nitrogens is 2. The number of para-hydroxylation sites is 2. The molecule has 1 amide bonds. The van der Waals surface area contributed by atoms with Gasteiger partial charge in [-0.3, -0.25) is 9.48 Å². The zero-order chi connectivity index (χ0) is 17.9. The number of amides is 1. The van der Waals surface area contributed by atoms with Crippen LogP contribution in [0.3, 0.4) is 0 Å². The monoisotopic (exact) mass is 354 g/mol. The zero-order valence-corrected chi connectivity index (χ0v) is 13.3. The lowest BCUT2D eigenvalue weighted by Gasteiger charge is -2.30. The summed E-state index contributed by atoms with van der Waals surface area (Å²) in [7, 11) is 0. The number of nitrogens with one attached hydrogen (secondary N) is 1. The zero-order valence-electron chi connectivity index (χ0n) is 13.3. The normalized spacial score (nSPS) is 15.2. The molecule has 1 fully saturated rings. The highest BCUT2D eigenvalue weighted by Gasteiger charge is 2.33. The maximum Gasteiger partial charge on any atom is 0.435 e. The van der Waals surface area contributed by atoms with Crippen LogP contribution in [0.25, 0.3) is 0 Å². The molecule has 0 atom stereocenters. The molecule has 6 nitrogen and oxygen atoms in total. The minimum Gasteiger partial charge on any atom is -0.378 e. The van der Waals surface area contributed by atoms with Crippen molar-refractivity contribution in [2.75, 3.05) is 36.5 Å². The Morgan fingerprint density at radius 3 is 2.60 bits per heavy atom. The van der Waals surface area contributed by atoms with E-state index in [4.69, 9.17) is 4.74 Å². The molecule has 2 heterocycles. The number of anilines is 2. The molecule has 0 radical (unpaired) electrons. The summed E-state index contributed by atoms with van der Waals surface area (Å²) >= 11 is 0. The quantitative estimate of drug-likeness (QED) is 0.916. The first kappa shape index (κ1) is 17.3. The second kappa shape index (κ2) is 7.14. The van der Waals surface area contributed by atoms with Gasteiger partial charge < -0.3 is 15.0 Å². The van der Waals surface area contributed by atoms with Gasteiger partial charge >= 0.3 is 6.18 Å². The fourth-order valence-electron chi connectivity index (χ4n) is 2.60. The number of hydrogen-bond donors (Lipinski definition) is 1. The van der Waals surface area contributed by atoms with Gasteiger partial charge in [0.05, 0.1) is 24.6 Å². The van der Waals surface area contributed by atoms with E-state index in [1.54, 1.807) is 12.1 Å². The van der Waals surface area contributed by atoms with Crippen LogP contribution < -0.4 is 10.2 Å². The Bertz CT molecular complexity index is 739. The van der Waals surface area contributed by atoms with E-state index < -0.39 is 17.8 Å². The SMILES string of the molecule is O=C(Cn1ccc(C(F)(F)F)n1)Nc1ccccc1N1CCOCC1. The van der Waals surface area contributed by atoms with Gasteiger partial charge in [-0.05, 0) is 18.2 Å². The number of morpholine rings is 1. The predicted octanol–water partition coefficient (Wildman–Crippen LogP) is 2.38. The summed E-state index contributed by atoms with van der Waals surface area (Å²) in [5, 5.41) is 6.12. The predicted molar refractivity (Wildman–Crippen MR) is 85.3 cm³/mol. The van der Waals surface area contributed by atoms with Gasteiger partial charge in [-0.1, -0.05) is 12.1 Å². The molecule has 1 aromatic heterocycles. The lowest BCUT2D eigenvalue weighted by atomic mass is 10.2. The molecule has 3 rings (SSSR count). The summed E-state index contributed by atoms with van der Waals surface area (Å²) in [5.74, 6) is -0.447. The number of carbonyl (C=O) groups is 1. The van der Waals surface area contributed by atoms with Crippen LogP contribution in [0.1, 0.15) is 5.69 Å². The van der Waals surface area contributed by atoms with Gasteiger partial charge in [0, 0.05) is 19.3 Å². The van der Waals surface area contributed by atoms with Crippen molar-refractivity contribution in [1.82, 2.24) is 9.78 Å². The fourth-order valence-corrected chi connectivity index (χ4v) is 2.60. The highest BCUT2D eigenvalue weighted by atomic mass is 19.4. The molecule has 1 aliphatic heterocycles. The minimum atomic E-state index is -4.52. The maximum atomic E-state index is 12.6. The molecule has 1 saturated heterocycles. The molecule has 0 spiro atoms. The van der Waals surface area contributed by atoms with Crippen LogP contribution in [-0.4, -0.2) is 42.0 Å². The molecule has 1 aliphatic rings. The maximum absolute atomic E-state index is 12.6. The number of alkyl halides is 3. The Kier molecular flexibility index (Phi) is 4.93. The van der Waals surface area contributed by atoms with E-state index in [1.165, 1.54) is 0 Å². The van der Waals surface area contributed by atoms with Crippen molar-refractivity contribution in [3.8, 4) is 0 Å². The van der Waals surface area contributed by atoms with E-state index in [0.717, 1.165) is 22.6 Å². The molecule has 1 N–H and O–H groups in total. The summed E-state index contributed by atoms with van der Waals surface area (Å²) in [6.45, 7) is 2.33. The van der Waals surface area contributed by atoms with Crippen molar-refractivity contribution in [1.29, 1.82) is 0 Å². The van der Waals surface area contributed by atoms with Crippen molar-refractivity contribution in [3.63, 3.8) is 0 Å². The first-order valence-electron chi connectivity index (χ1n) is 7.76. The Morgan fingerprint density at radius 2 is 1.92 bits per heavy atom. The fraction of sp³-hybridized carbons (Fsp3) is 0.375. The molecule has 25 heavy (non-hydrogen) atoms. The van der Waals surface area contributed by atoms with Gasteiger partial charge in [-0.15, -0.1) is 0 Å². The molecular formula is C16H17F3N4O2. The van der Waals surface area contributed by atoms with Gasteiger partial charge in [0.15, 0.2) is 5.69 Å². The van der Waals surface area contributed by atoms with E-state index in [1.807, 2.05) is 12.1 Å². The number of carbonyl (C=O) groups excluding carboxylic acids is 1. The number of benzene rings is 1. The van der Waals surface area contributed by atoms with Crippen LogP contribution in [0.15, 0.2) is 36.5 Å². The highest BCUT2D eigenvalue weighted by molar-refractivity contribution is 5.94. The van der Waals surface area contributed by atoms with Crippen LogP contribution in [0.5, 0.6) is 0 Å². The van der Waals surface area contributed by atoms with Crippen molar-refractivity contribution in [2.24, 2.45) is 0 Å². The van der Waals surface area contributed by atoms with E-state index in [0.29, 0.717) is 32.0 Å². The molecule has 0 unspecified atom stereocenters. The summed E-state index contributed by atoms with van der Waals surface area (Å²) in [6.07, 6.45) is -3.39. The van der Waals surface area contributed by atoms with Crippen molar-refractivity contribution in [3.05, 3.63) is 42.2 Å². The molecule has 1 aromatic carbocycles. The van der Waals surface area contributed by atoms with E-state index in [9.17, 15) is 18.0 Å². The number of nitrogens with zero attached hydrogens (tertiary/aromatic N) is 3. The van der Waals surface area contributed by atoms with Crippen LogP contribution in [-0.2, 0) is 22.3 Å². The van der Waals surface area contributed by atoms with E-state index in [-0.39, 0.29) is 6.54 Å². The summed E-state index contributed by atoms with van der Waals surface area (Å²) in [6, 6.07) is 8.14. The first-order chi connectivity index (χ1) is 11.9. The van der Waals surface area contributed by atoms with Gasteiger partial charge in [-0.2, -0.15) is 18.3 Å². The van der Waals surface area contributed by atoms with Crippen LogP contribution in [0.4, 0.5) is 24.5 Å². The second-order valence-electron chi connectivity index (χ2n) is 5.56. The van der Waals surface area contributed by atoms with Crippen molar-refractivity contribution >= 4 is 17.3 Å². The van der Waals surface area contributed by atoms with Crippen LogP contribution >= 0.6 is 0 Å². The van der Waals surface area contributed by atoms with Crippen molar-refractivity contribution in [2.45, 2.75) is 12.7 Å². The lowest BCUT2D eigenvalue weighted by Crippen LogP contribution is -2.36. The van der Waals surface area contributed by atoms with Crippen LogP contribution in [0.2, 0.25) is 0 Å². The van der Waals surface area contributed by atoms with E-state index in [2.05, 4.69) is 15.3 Å². The summed E-state index contributed by atoms with van der Waals surface area (Å²) in [4.78, 5) is 14.3. The van der Waals surface area contributed by atoms with E-state index >= 15 is 0 Å². The largest absolute Gasteiger partial charge is 0.435 e.